The zero-order chi connectivity index (χ0) is 20.2. The van der Waals surface area contributed by atoms with Gasteiger partial charge in [0.1, 0.15) is 11.6 Å². The van der Waals surface area contributed by atoms with Crippen LogP contribution in [0.15, 0.2) is 47.8 Å². The number of imidazole rings is 1. The number of nitrogens with zero attached hydrogens (tertiary/aromatic N) is 2. The lowest BCUT2D eigenvalue weighted by Gasteiger charge is -2.21. The number of benzene rings is 1. The molecule has 1 amide bonds. The second-order valence-electron chi connectivity index (χ2n) is 6.78. The van der Waals surface area contributed by atoms with Crippen molar-refractivity contribution < 1.29 is 13.9 Å². The highest BCUT2D eigenvalue weighted by atomic mass is 32.2. The van der Waals surface area contributed by atoms with Crippen molar-refractivity contribution in [3.63, 3.8) is 0 Å². The fourth-order valence-electron chi connectivity index (χ4n) is 3.32. The molecule has 0 saturated carbocycles. The van der Waals surface area contributed by atoms with Crippen LogP contribution >= 0.6 is 11.8 Å². The molecule has 1 aliphatic heterocycles. The first kappa shape index (κ1) is 19.6. The maximum absolute atomic E-state index is 13.3. The van der Waals surface area contributed by atoms with Crippen LogP contribution in [0.4, 0.5) is 10.2 Å². The number of hydrogen-bond donors (Lipinski definition) is 2. The number of rotatable bonds is 5. The number of nitrogens with one attached hydrogen (secondary N) is 2. The average Bonchev–Trinajstić information content (AvgIpc) is 3.20. The highest BCUT2D eigenvalue weighted by Crippen LogP contribution is 2.33. The minimum Gasteiger partial charge on any atom is -0.381 e. The van der Waals surface area contributed by atoms with Crippen LogP contribution in [0.2, 0.25) is 0 Å². The van der Waals surface area contributed by atoms with E-state index in [9.17, 15) is 9.18 Å². The first-order valence-corrected chi connectivity index (χ1v) is 10.6. The molecule has 3 aromatic rings. The molecule has 0 bridgehead atoms. The number of thioether (sulfide) groups is 1. The molecular formula is C21H21FN4O2S. The van der Waals surface area contributed by atoms with Crippen molar-refractivity contribution in [2.24, 2.45) is 5.92 Å². The predicted octanol–water partition coefficient (Wildman–Crippen LogP) is 4.36. The van der Waals surface area contributed by atoms with Gasteiger partial charge in [-0.2, -0.15) is 0 Å². The number of H-pyrrole nitrogens is 1. The number of ether oxygens (including phenoxy) is 1. The number of carbonyl (C=O) groups excluding carboxylic acids is 1. The Hall–Kier alpha value is -2.71. The minimum absolute atomic E-state index is 0.0384. The molecule has 2 aromatic heterocycles. The maximum atomic E-state index is 13.3. The van der Waals surface area contributed by atoms with Gasteiger partial charge < -0.3 is 15.0 Å². The van der Waals surface area contributed by atoms with Crippen LogP contribution in [-0.4, -0.2) is 40.3 Å². The van der Waals surface area contributed by atoms with E-state index in [1.54, 1.807) is 18.3 Å². The first-order valence-electron chi connectivity index (χ1n) is 9.39. The van der Waals surface area contributed by atoms with E-state index >= 15 is 0 Å². The highest BCUT2D eigenvalue weighted by Gasteiger charge is 2.22. The highest BCUT2D eigenvalue weighted by molar-refractivity contribution is 7.98. The standard InChI is InChI=1S/C21H21FN4O2S/c1-29-21-25-18(13-2-4-16(22)5-3-13)19(26-21)15-6-9-23-17(12-15)24-20(27)14-7-10-28-11-8-14/h2-6,9,12,14H,7-8,10-11H2,1H3,(H,25,26)(H,23,24,27). The molecule has 1 fully saturated rings. The third kappa shape index (κ3) is 4.49. The second-order valence-corrected chi connectivity index (χ2v) is 7.58. The SMILES string of the molecule is CSc1nc(-c2ccnc(NC(=O)C3CCOCC3)c2)c(-c2ccc(F)cc2)[nH]1. The van der Waals surface area contributed by atoms with Crippen LogP contribution in [0.5, 0.6) is 0 Å². The van der Waals surface area contributed by atoms with E-state index in [2.05, 4.69) is 20.3 Å². The van der Waals surface area contributed by atoms with E-state index in [1.807, 2.05) is 18.4 Å². The van der Waals surface area contributed by atoms with Gasteiger partial charge in [-0.1, -0.05) is 11.8 Å². The Kier molecular flexibility index (Phi) is 5.92. The van der Waals surface area contributed by atoms with Crippen molar-refractivity contribution >= 4 is 23.5 Å². The molecule has 150 valence electrons. The molecule has 3 heterocycles. The molecule has 1 aromatic carbocycles. The average molecular weight is 412 g/mol. The topological polar surface area (TPSA) is 79.9 Å². The first-order chi connectivity index (χ1) is 14.1. The summed E-state index contributed by atoms with van der Waals surface area (Å²) in [6.07, 6.45) is 5.02. The molecule has 8 heteroatoms. The summed E-state index contributed by atoms with van der Waals surface area (Å²) in [4.78, 5) is 24.8. The summed E-state index contributed by atoms with van der Waals surface area (Å²) < 4.78 is 18.7. The fourth-order valence-corrected chi connectivity index (χ4v) is 3.70. The van der Waals surface area contributed by atoms with Crippen LogP contribution in [0.3, 0.4) is 0 Å². The molecule has 0 unspecified atom stereocenters. The fraction of sp³-hybridized carbons (Fsp3) is 0.286. The molecular weight excluding hydrogens is 391 g/mol. The number of carbonyl (C=O) groups is 1. The predicted molar refractivity (Wildman–Crippen MR) is 111 cm³/mol. The van der Waals surface area contributed by atoms with Gasteiger partial charge in [0.25, 0.3) is 0 Å². The van der Waals surface area contributed by atoms with Crippen LogP contribution in [0, 0.1) is 11.7 Å². The minimum atomic E-state index is -0.290. The molecule has 0 aliphatic carbocycles. The van der Waals surface area contributed by atoms with Gasteiger partial charge in [0.05, 0.1) is 11.4 Å². The lowest BCUT2D eigenvalue weighted by Crippen LogP contribution is -2.28. The van der Waals surface area contributed by atoms with Gasteiger partial charge in [-0.15, -0.1) is 0 Å². The van der Waals surface area contributed by atoms with Crippen LogP contribution in [0.25, 0.3) is 22.5 Å². The molecule has 2 N–H and O–H groups in total. The molecule has 6 nitrogen and oxygen atoms in total. The molecule has 0 spiro atoms. The van der Waals surface area contributed by atoms with E-state index < -0.39 is 0 Å². The Morgan fingerprint density at radius 3 is 2.69 bits per heavy atom. The van der Waals surface area contributed by atoms with E-state index in [0.717, 1.165) is 40.5 Å². The zero-order valence-corrected chi connectivity index (χ0v) is 16.8. The summed E-state index contributed by atoms with van der Waals surface area (Å²) in [5, 5.41) is 3.66. The number of amides is 1. The van der Waals surface area contributed by atoms with Gasteiger partial charge in [0.15, 0.2) is 5.16 Å². The van der Waals surface area contributed by atoms with Gasteiger partial charge in [-0.05, 0) is 55.5 Å². The van der Waals surface area contributed by atoms with Crippen molar-refractivity contribution in [1.29, 1.82) is 0 Å². The van der Waals surface area contributed by atoms with Crippen LogP contribution in [0.1, 0.15) is 12.8 Å². The van der Waals surface area contributed by atoms with Gasteiger partial charge in [-0.25, -0.2) is 14.4 Å². The van der Waals surface area contributed by atoms with Gasteiger partial charge >= 0.3 is 0 Å². The van der Waals surface area contributed by atoms with Crippen molar-refractivity contribution in [3.05, 3.63) is 48.4 Å². The molecule has 0 radical (unpaired) electrons. The third-order valence-corrected chi connectivity index (χ3v) is 5.47. The van der Waals surface area contributed by atoms with E-state index in [0.29, 0.717) is 19.0 Å². The molecule has 4 rings (SSSR count). The number of hydrogen-bond acceptors (Lipinski definition) is 5. The van der Waals surface area contributed by atoms with Crippen molar-refractivity contribution in [3.8, 4) is 22.5 Å². The summed E-state index contributed by atoms with van der Waals surface area (Å²) in [7, 11) is 0. The largest absolute Gasteiger partial charge is 0.381 e. The third-order valence-electron chi connectivity index (χ3n) is 4.89. The number of halogens is 1. The Bertz CT molecular complexity index is 1000. The summed E-state index contributed by atoms with van der Waals surface area (Å²) >= 11 is 1.49. The number of anilines is 1. The van der Waals surface area contributed by atoms with E-state index in [-0.39, 0.29) is 17.6 Å². The Morgan fingerprint density at radius 2 is 1.97 bits per heavy atom. The Morgan fingerprint density at radius 1 is 1.21 bits per heavy atom. The zero-order valence-electron chi connectivity index (χ0n) is 15.9. The summed E-state index contributed by atoms with van der Waals surface area (Å²) in [6, 6.07) is 9.93. The van der Waals surface area contributed by atoms with E-state index in [1.165, 1.54) is 23.9 Å². The lowest BCUT2D eigenvalue weighted by molar-refractivity contribution is -0.122. The van der Waals surface area contributed by atoms with Gasteiger partial charge in [0, 0.05) is 36.5 Å². The molecule has 29 heavy (non-hydrogen) atoms. The summed E-state index contributed by atoms with van der Waals surface area (Å²) in [5.74, 6) is 0.0978. The van der Waals surface area contributed by atoms with Crippen molar-refractivity contribution in [1.82, 2.24) is 15.0 Å². The monoisotopic (exact) mass is 412 g/mol. The Labute approximate surface area is 172 Å². The Balaban J connectivity index is 1.63. The summed E-state index contributed by atoms with van der Waals surface area (Å²) in [6.45, 7) is 1.22. The number of aromatic amines is 1. The van der Waals surface area contributed by atoms with Crippen LogP contribution < -0.4 is 5.32 Å². The van der Waals surface area contributed by atoms with Gasteiger partial charge in [-0.3, -0.25) is 4.79 Å². The van der Waals surface area contributed by atoms with Crippen molar-refractivity contribution in [2.45, 2.75) is 18.0 Å². The number of pyridine rings is 1. The maximum Gasteiger partial charge on any atom is 0.228 e. The molecule has 1 aliphatic rings. The van der Waals surface area contributed by atoms with E-state index in [4.69, 9.17) is 4.74 Å². The molecule has 1 saturated heterocycles. The second kappa shape index (κ2) is 8.75. The molecule has 0 atom stereocenters. The lowest BCUT2D eigenvalue weighted by atomic mass is 9.99. The van der Waals surface area contributed by atoms with Gasteiger partial charge in [0.2, 0.25) is 5.91 Å². The quantitative estimate of drug-likeness (QED) is 0.609. The summed E-state index contributed by atoms with van der Waals surface area (Å²) in [5.41, 5.74) is 3.17. The number of aromatic nitrogens is 3. The van der Waals surface area contributed by atoms with Crippen LogP contribution in [-0.2, 0) is 9.53 Å². The smallest absolute Gasteiger partial charge is 0.228 e. The normalized spacial score (nSPS) is 14.7. The van der Waals surface area contributed by atoms with Crippen molar-refractivity contribution in [2.75, 3.05) is 24.8 Å².